The highest BCUT2D eigenvalue weighted by molar-refractivity contribution is 5.97. The number of carbonyl (C=O) groups excluding carboxylic acids is 2. The number of rotatable bonds is 11. The maximum absolute atomic E-state index is 13.0. The first-order valence-corrected chi connectivity index (χ1v) is 12.0. The Balaban J connectivity index is 1.65. The average Bonchev–Trinajstić information content (AvgIpc) is 3.30. The molecule has 3 N–H and O–H groups in total. The van der Waals surface area contributed by atoms with Crippen LogP contribution in [-0.2, 0) is 20.7 Å². The van der Waals surface area contributed by atoms with Crippen LogP contribution >= 0.6 is 0 Å². The van der Waals surface area contributed by atoms with Crippen molar-refractivity contribution in [2.45, 2.75) is 19.4 Å². The van der Waals surface area contributed by atoms with E-state index in [1.165, 1.54) is 36.4 Å². The third-order valence-electron chi connectivity index (χ3n) is 5.83. The average molecular weight is 532 g/mol. The predicted octanol–water partition coefficient (Wildman–Crippen LogP) is 3.31. The van der Waals surface area contributed by atoms with Gasteiger partial charge >= 0.3 is 11.9 Å². The number of nitro benzene ring substituents is 1. The minimum absolute atomic E-state index is 0.0917. The molecule has 0 aliphatic rings. The summed E-state index contributed by atoms with van der Waals surface area (Å²) in [6.45, 7) is 1.74. The number of nitrogens with zero attached hydrogens (tertiary/aromatic N) is 3. The number of aliphatic carboxylic acids is 1. The Kier molecular flexibility index (Phi) is 8.15. The molecule has 39 heavy (non-hydrogen) atoms. The fourth-order valence-corrected chi connectivity index (χ4v) is 3.96. The maximum Gasteiger partial charge on any atom is 0.326 e. The van der Waals surface area contributed by atoms with Gasteiger partial charge in [0, 0.05) is 35.9 Å². The molecule has 0 saturated carbocycles. The first kappa shape index (κ1) is 26.8. The van der Waals surface area contributed by atoms with Crippen molar-refractivity contribution in [1.82, 2.24) is 14.7 Å². The zero-order valence-corrected chi connectivity index (χ0v) is 20.9. The number of carbonyl (C=O) groups is 3. The van der Waals surface area contributed by atoms with Crippen molar-refractivity contribution in [2.75, 3.05) is 18.5 Å². The van der Waals surface area contributed by atoms with Gasteiger partial charge in [-0.1, -0.05) is 30.3 Å². The molecule has 4 aromatic rings. The lowest BCUT2D eigenvalue weighted by Gasteiger charge is -2.15. The highest BCUT2D eigenvalue weighted by atomic mass is 16.6. The summed E-state index contributed by atoms with van der Waals surface area (Å²) in [6.07, 6.45) is 1.67. The molecule has 0 saturated heterocycles. The number of non-ortho nitro benzene ring substituents is 1. The van der Waals surface area contributed by atoms with E-state index < -0.39 is 28.8 Å². The Morgan fingerprint density at radius 1 is 1.10 bits per heavy atom. The quantitative estimate of drug-likeness (QED) is 0.150. The standard InChI is InChI=1S/C27H25N5O7/c1-2-39-23(33)16-28-25-24(18-8-10-20(11-9-18)32(37)38)30-22-15-19(12-13-31(22)25)26(34)29-21(27(35)36)14-17-6-4-3-5-7-17/h3-13,15,21,28H,2,14,16H2,1H3,(H,29,34)(H,35,36). The highest BCUT2D eigenvalue weighted by Gasteiger charge is 2.23. The number of carboxylic acids is 1. The van der Waals surface area contributed by atoms with Crippen LogP contribution in [0.4, 0.5) is 11.5 Å². The number of anilines is 1. The van der Waals surface area contributed by atoms with Gasteiger partial charge < -0.3 is 20.5 Å². The summed E-state index contributed by atoms with van der Waals surface area (Å²) < 4.78 is 6.60. The van der Waals surface area contributed by atoms with Crippen molar-refractivity contribution >= 4 is 35.0 Å². The fraction of sp³-hybridized carbons (Fsp3) is 0.185. The summed E-state index contributed by atoms with van der Waals surface area (Å²) in [7, 11) is 0. The lowest BCUT2D eigenvalue weighted by molar-refractivity contribution is -0.384. The van der Waals surface area contributed by atoms with Crippen LogP contribution in [0.2, 0.25) is 0 Å². The van der Waals surface area contributed by atoms with Crippen molar-refractivity contribution in [3.8, 4) is 11.3 Å². The van der Waals surface area contributed by atoms with Gasteiger partial charge in [0.25, 0.3) is 11.6 Å². The van der Waals surface area contributed by atoms with E-state index in [4.69, 9.17) is 4.74 Å². The lowest BCUT2D eigenvalue weighted by Crippen LogP contribution is -2.42. The molecule has 0 spiro atoms. The zero-order chi connectivity index (χ0) is 27.9. The number of pyridine rings is 1. The largest absolute Gasteiger partial charge is 0.480 e. The van der Waals surface area contributed by atoms with Gasteiger partial charge in [0.2, 0.25) is 0 Å². The molecule has 12 nitrogen and oxygen atoms in total. The second kappa shape index (κ2) is 11.9. The first-order chi connectivity index (χ1) is 18.8. The number of imidazole rings is 1. The van der Waals surface area contributed by atoms with Gasteiger partial charge in [0.1, 0.15) is 29.7 Å². The van der Waals surface area contributed by atoms with Crippen molar-refractivity contribution < 1.29 is 29.2 Å². The van der Waals surface area contributed by atoms with E-state index in [2.05, 4.69) is 15.6 Å². The third kappa shape index (κ3) is 6.36. The van der Waals surface area contributed by atoms with E-state index in [-0.39, 0.29) is 30.8 Å². The minimum atomic E-state index is -1.17. The number of hydrogen-bond donors (Lipinski definition) is 3. The lowest BCUT2D eigenvalue weighted by atomic mass is 10.1. The molecule has 1 atom stereocenters. The Labute approximate surface area is 222 Å². The Morgan fingerprint density at radius 2 is 1.82 bits per heavy atom. The number of fused-ring (bicyclic) bond motifs is 1. The summed E-state index contributed by atoms with van der Waals surface area (Å²) in [5.74, 6) is -1.84. The van der Waals surface area contributed by atoms with Gasteiger partial charge in [0.15, 0.2) is 0 Å². The number of nitrogens with one attached hydrogen (secondary N) is 2. The second-order valence-electron chi connectivity index (χ2n) is 8.47. The summed E-state index contributed by atoms with van der Waals surface area (Å²) in [5.41, 5.74) is 2.11. The highest BCUT2D eigenvalue weighted by Crippen LogP contribution is 2.30. The monoisotopic (exact) mass is 531 g/mol. The SMILES string of the molecule is CCOC(=O)CNc1c(-c2ccc([N+](=O)[O-])cc2)nc2cc(C(=O)NC(Cc3ccccc3)C(=O)O)ccn12. The molecular formula is C27H25N5O7. The molecule has 0 fully saturated rings. The topological polar surface area (TPSA) is 165 Å². The van der Waals surface area contributed by atoms with Crippen molar-refractivity contribution in [3.05, 3.63) is 94.2 Å². The molecule has 200 valence electrons. The van der Waals surface area contributed by atoms with Crippen molar-refractivity contribution in [2.24, 2.45) is 0 Å². The Hall–Kier alpha value is -5.26. The van der Waals surface area contributed by atoms with Crippen LogP contribution in [0, 0.1) is 10.1 Å². The molecule has 2 aromatic heterocycles. The van der Waals surface area contributed by atoms with Gasteiger partial charge in [-0.2, -0.15) is 0 Å². The molecule has 1 unspecified atom stereocenters. The number of amides is 1. The van der Waals surface area contributed by atoms with Crippen molar-refractivity contribution in [3.63, 3.8) is 0 Å². The normalized spacial score (nSPS) is 11.5. The van der Waals surface area contributed by atoms with Gasteiger partial charge in [0.05, 0.1) is 11.5 Å². The molecule has 0 aliphatic carbocycles. The maximum atomic E-state index is 13.0. The number of ether oxygens (including phenoxy) is 1. The van der Waals surface area contributed by atoms with Gasteiger partial charge in [-0.15, -0.1) is 0 Å². The number of esters is 1. The number of benzene rings is 2. The smallest absolute Gasteiger partial charge is 0.326 e. The Bertz CT molecular complexity index is 1520. The number of aromatic nitrogens is 2. The van der Waals surface area contributed by atoms with Crippen LogP contribution in [-0.4, -0.2) is 56.5 Å². The second-order valence-corrected chi connectivity index (χ2v) is 8.47. The predicted molar refractivity (Wildman–Crippen MR) is 141 cm³/mol. The summed E-state index contributed by atoms with van der Waals surface area (Å²) in [5, 5.41) is 26.3. The summed E-state index contributed by atoms with van der Waals surface area (Å²) in [6, 6.07) is 16.5. The zero-order valence-electron chi connectivity index (χ0n) is 20.9. The molecule has 2 aromatic carbocycles. The molecule has 12 heteroatoms. The minimum Gasteiger partial charge on any atom is -0.480 e. The van der Waals surface area contributed by atoms with E-state index in [9.17, 15) is 29.6 Å². The van der Waals surface area contributed by atoms with E-state index in [0.717, 1.165) is 5.56 Å². The van der Waals surface area contributed by atoms with E-state index in [1.54, 1.807) is 41.8 Å². The Morgan fingerprint density at radius 3 is 2.46 bits per heavy atom. The van der Waals surface area contributed by atoms with E-state index in [1.807, 2.05) is 6.07 Å². The molecule has 0 bridgehead atoms. The van der Waals surface area contributed by atoms with Crippen LogP contribution in [0.3, 0.4) is 0 Å². The van der Waals surface area contributed by atoms with Gasteiger partial charge in [-0.25, -0.2) is 9.78 Å². The van der Waals surface area contributed by atoms with Crippen LogP contribution in [0.15, 0.2) is 72.9 Å². The molecule has 0 aliphatic heterocycles. The van der Waals surface area contributed by atoms with Crippen LogP contribution in [0.1, 0.15) is 22.8 Å². The number of carboxylic acid groups (broad SMARTS) is 1. The molecule has 0 radical (unpaired) electrons. The molecule has 1 amide bonds. The van der Waals surface area contributed by atoms with Crippen LogP contribution in [0.25, 0.3) is 16.9 Å². The first-order valence-electron chi connectivity index (χ1n) is 12.0. The molecule has 2 heterocycles. The number of nitro groups is 1. The van der Waals surface area contributed by atoms with E-state index in [0.29, 0.717) is 22.7 Å². The molecule has 4 rings (SSSR count). The molecular weight excluding hydrogens is 506 g/mol. The van der Waals surface area contributed by atoms with Crippen molar-refractivity contribution in [1.29, 1.82) is 0 Å². The summed E-state index contributed by atoms with van der Waals surface area (Å²) >= 11 is 0. The van der Waals surface area contributed by atoms with Gasteiger partial charge in [-0.05, 0) is 36.8 Å². The van der Waals surface area contributed by atoms with Gasteiger partial charge in [-0.3, -0.25) is 24.1 Å². The third-order valence-corrected chi connectivity index (χ3v) is 5.83. The van der Waals surface area contributed by atoms with E-state index >= 15 is 0 Å². The van der Waals surface area contributed by atoms with Crippen LogP contribution in [0.5, 0.6) is 0 Å². The number of hydrogen-bond acceptors (Lipinski definition) is 8. The summed E-state index contributed by atoms with van der Waals surface area (Å²) in [4.78, 5) is 51.9. The van der Waals surface area contributed by atoms with Crippen LogP contribution < -0.4 is 10.6 Å². The fourth-order valence-electron chi connectivity index (χ4n) is 3.96.